The Morgan fingerprint density at radius 1 is 1.69 bits per heavy atom. The Morgan fingerprint density at radius 2 is 2.46 bits per heavy atom. The Morgan fingerprint density at radius 3 is 2.92 bits per heavy atom. The molecule has 13 heavy (non-hydrogen) atoms. The maximum absolute atomic E-state index is 12.0. The smallest absolute Gasteiger partial charge is 0.248 e. The molecule has 0 aliphatic heterocycles. The summed E-state index contributed by atoms with van der Waals surface area (Å²) in [4.78, 5) is 10.3. The summed E-state index contributed by atoms with van der Waals surface area (Å²) < 4.78 is 17.8. The van der Waals surface area contributed by atoms with Gasteiger partial charge in [-0.05, 0) is 18.4 Å². The van der Waals surface area contributed by atoms with E-state index in [4.69, 9.17) is 4.52 Å². The molecule has 0 aromatic carbocycles. The first-order chi connectivity index (χ1) is 6.23. The fourth-order valence-electron chi connectivity index (χ4n) is 0.977. The maximum atomic E-state index is 12.0. The lowest BCUT2D eigenvalue weighted by Crippen LogP contribution is -2.07. The van der Waals surface area contributed by atoms with E-state index in [-0.39, 0.29) is 6.16 Å². The standard InChI is InChI=1S/C8H11O3PS/c1-2-11-12(10,6-5-9)8-4-3-7-13-8/h3-5,7H,2,6H2,1H3. The van der Waals surface area contributed by atoms with Gasteiger partial charge in [-0.3, -0.25) is 4.57 Å². The lowest BCUT2D eigenvalue weighted by atomic mass is 10.7. The Balaban J connectivity index is 2.91. The number of hydrogen-bond donors (Lipinski definition) is 0. The molecule has 3 nitrogen and oxygen atoms in total. The molecule has 0 saturated carbocycles. The van der Waals surface area contributed by atoms with Gasteiger partial charge in [-0.25, -0.2) is 0 Å². The quantitative estimate of drug-likeness (QED) is 0.560. The number of carbonyl (C=O) groups excluding carboxylic acids is 1. The molecule has 0 N–H and O–H groups in total. The molecule has 5 heteroatoms. The Bertz CT molecular complexity index is 307. The van der Waals surface area contributed by atoms with Gasteiger partial charge in [-0.15, -0.1) is 11.3 Å². The molecule has 0 radical (unpaired) electrons. The lowest BCUT2D eigenvalue weighted by Gasteiger charge is -2.12. The van der Waals surface area contributed by atoms with Gasteiger partial charge in [0.15, 0.2) is 0 Å². The Hall–Kier alpha value is -0.440. The fourth-order valence-corrected chi connectivity index (χ4v) is 3.98. The highest BCUT2D eigenvalue weighted by atomic mass is 32.1. The molecular formula is C8H11O3PS. The Labute approximate surface area is 81.2 Å². The first-order valence-electron chi connectivity index (χ1n) is 3.94. The molecular weight excluding hydrogens is 207 g/mol. The van der Waals surface area contributed by atoms with Crippen molar-refractivity contribution in [3.05, 3.63) is 17.5 Å². The number of aldehydes is 1. The van der Waals surface area contributed by atoms with E-state index in [1.54, 1.807) is 19.1 Å². The van der Waals surface area contributed by atoms with Crippen LogP contribution in [0.4, 0.5) is 0 Å². The molecule has 0 aliphatic rings. The molecule has 0 aliphatic carbocycles. The molecule has 1 aromatic rings. The summed E-state index contributed by atoms with van der Waals surface area (Å²) in [6.45, 7) is 2.13. The van der Waals surface area contributed by atoms with Crippen LogP contribution in [0.15, 0.2) is 17.5 Å². The summed E-state index contributed by atoms with van der Waals surface area (Å²) in [5, 5.41) is 1.83. The largest absolute Gasteiger partial charge is 0.325 e. The summed E-state index contributed by atoms with van der Waals surface area (Å²) in [5.41, 5.74) is 0. The van der Waals surface area contributed by atoms with E-state index in [9.17, 15) is 9.36 Å². The van der Waals surface area contributed by atoms with Gasteiger partial charge in [-0.1, -0.05) is 6.07 Å². The minimum absolute atomic E-state index is 0.0264. The van der Waals surface area contributed by atoms with Crippen LogP contribution < -0.4 is 4.62 Å². The van der Waals surface area contributed by atoms with Crippen molar-refractivity contribution in [2.24, 2.45) is 0 Å². The monoisotopic (exact) mass is 218 g/mol. The molecule has 1 unspecified atom stereocenters. The molecule has 0 amide bonds. The van der Waals surface area contributed by atoms with E-state index in [1.807, 2.05) is 5.38 Å². The van der Waals surface area contributed by atoms with Gasteiger partial charge in [-0.2, -0.15) is 0 Å². The average Bonchev–Trinajstić information content (AvgIpc) is 2.57. The van der Waals surface area contributed by atoms with Crippen LogP contribution in [0.1, 0.15) is 6.92 Å². The third kappa shape index (κ3) is 2.50. The van der Waals surface area contributed by atoms with E-state index in [0.29, 0.717) is 17.5 Å². The van der Waals surface area contributed by atoms with Crippen molar-refractivity contribution in [2.75, 3.05) is 12.8 Å². The number of rotatable bonds is 5. The average molecular weight is 218 g/mol. The van der Waals surface area contributed by atoms with E-state index in [1.165, 1.54) is 11.3 Å². The first kappa shape index (κ1) is 10.6. The normalized spacial score (nSPS) is 15.2. The van der Waals surface area contributed by atoms with Crippen LogP contribution in [0.2, 0.25) is 0 Å². The van der Waals surface area contributed by atoms with Crippen molar-refractivity contribution in [3.8, 4) is 0 Å². The van der Waals surface area contributed by atoms with Gasteiger partial charge in [0.1, 0.15) is 6.29 Å². The summed E-state index contributed by atoms with van der Waals surface area (Å²) in [5.74, 6) is 0. The van der Waals surface area contributed by atoms with Crippen molar-refractivity contribution in [1.29, 1.82) is 0 Å². The topological polar surface area (TPSA) is 43.4 Å². The third-order valence-corrected chi connectivity index (χ3v) is 5.44. The SMILES string of the molecule is CCOP(=O)(CC=O)c1cccs1. The molecule has 72 valence electrons. The summed E-state index contributed by atoms with van der Waals surface area (Å²) in [7, 11) is -2.87. The van der Waals surface area contributed by atoms with Crippen LogP contribution in [-0.2, 0) is 13.9 Å². The lowest BCUT2D eigenvalue weighted by molar-refractivity contribution is -0.105. The number of thiophene rings is 1. The van der Waals surface area contributed by atoms with Gasteiger partial charge in [0.2, 0.25) is 7.37 Å². The van der Waals surface area contributed by atoms with E-state index >= 15 is 0 Å². The second-order valence-corrected chi connectivity index (χ2v) is 6.09. The van der Waals surface area contributed by atoms with Gasteiger partial charge in [0, 0.05) is 0 Å². The highest BCUT2D eigenvalue weighted by molar-refractivity contribution is 7.73. The van der Waals surface area contributed by atoms with Gasteiger partial charge in [0.25, 0.3) is 0 Å². The van der Waals surface area contributed by atoms with Crippen LogP contribution in [0.25, 0.3) is 0 Å². The molecule has 1 heterocycles. The molecule has 0 spiro atoms. The molecule has 0 saturated heterocycles. The predicted octanol–water partition coefficient (Wildman–Crippen LogP) is 1.89. The van der Waals surface area contributed by atoms with Crippen molar-refractivity contribution >= 4 is 29.6 Å². The van der Waals surface area contributed by atoms with Gasteiger partial charge in [0.05, 0.1) is 17.4 Å². The summed E-state index contributed by atoms with van der Waals surface area (Å²) >= 11 is 1.36. The minimum Gasteiger partial charge on any atom is -0.325 e. The molecule has 1 rings (SSSR count). The van der Waals surface area contributed by atoms with Gasteiger partial charge >= 0.3 is 0 Å². The van der Waals surface area contributed by atoms with Crippen molar-refractivity contribution in [1.82, 2.24) is 0 Å². The second-order valence-electron chi connectivity index (χ2n) is 2.39. The molecule has 1 aromatic heterocycles. The van der Waals surface area contributed by atoms with Gasteiger partial charge < -0.3 is 9.32 Å². The second kappa shape index (κ2) is 4.70. The van der Waals surface area contributed by atoms with E-state index in [0.717, 1.165) is 0 Å². The third-order valence-electron chi connectivity index (χ3n) is 1.49. The number of carbonyl (C=O) groups is 1. The summed E-state index contributed by atoms with van der Waals surface area (Å²) in [6.07, 6.45) is 0.623. The highest BCUT2D eigenvalue weighted by Gasteiger charge is 2.25. The first-order valence-corrected chi connectivity index (χ1v) is 6.63. The highest BCUT2D eigenvalue weighted by Crippen LogP contribution is 2.45. The van der Waals surface area contributed by atoms with Crippen LogP contribution in [0.5, 0.6) is 0 Å². The molecule has 1 atom stereocenters. The van der Waals surface area contributed by atoms with Crippen LogP contribution in [0, 0.1) is 0 Å². The predicted molar refractivity (Wildman–Crippen MR) is 54.1 cm³/mol. The van der Waals surface area contributed by atoms with Crippen molar-refractivity contribution in [3.63, 3.8) is 0 Å². The zero-order valence-electron chi connectivity index (χ0n) is 7.30. The van der Waals surface area contributed by atoms with Crippen molar-refractivity contribution in [2.45, 2.75) is 6.92 Å². The van der Waals surface area contributed by atoms with Crippen LogP contribution in [0.3, 0.4) is 0 Å². The van der Waals surface area contributed by atoms with Crippen molar-refractivity contribution < 1.29 is 13.9 Å². The number of hydrogen-bond acceptors (Lipinski definition) is 4. The zero-order valence-corrected chi connectivity index (χ0v) is 9.01. The zero-order chi connectivity index (χ0) is 9.73. The summed E-state index contributed by atoms with van der Waals surface area (Å²) in [6, 6.07) is 3.54. The van der Waals surface area contributed by atoms with E-state index < -0.39 is 7.37 Å². The minimum atomic E-state index is -2.87. The molecule has 0 fully saturated rings. The maximum Gasteiger partial charge on any atom is 0.248 e. The molecule has 0 bridgehead atoms. The Kier molecular flexibility index (Phi) is 3.85. The van der Waals surface area contributed by atoms with Crippen LogP contribution >= 0.6 is 18.7 Å². The van der Waals surface area contributed by atoms with Crippen LogP contribution in [-0.4, -0.2) is 19.1 Å². The fraction of sp³-hybridized carbons (Fsp3) is 0.375. The van der Waals surface area contributed by atoms with E-state index in [2.05, 4.69) is 0 Å².